The van der Waals surface area contributed by atoms with E-state index in [0.717, 1.165) is 21.7 Å². The highest BCUT2D eigenvalue weighted by Gasteiger charge is 2.04. The smallest absolute Gasteiger partial charge is 0.192 e. The Labute approximate surface area is 60.7 Å². The third-order valence-corrected chi connectivity index (χ3v) is 1.77. The van der Waals surface area contributed by atoms with Gasteiger partial charge in [-0.05, 0) is 13.0 Å². The van der Waals surface area contributed by atoms with Crippen molar-refractivity contribution in [1.29, 1.82) is 0 Å². The molecule has 0 aromatic carbocycles. The second-order valence-electron chi connectivity index (χ2n) is 2.54. The van der Waals surface area contributed by atoms with Crippen LogP contribution in [0.4, 0.5) is 0 Å². The van der Waals surface area contributed by atoms with E-state index < -0.39 is 0 Å². The summed E-state index contributed by atoms with van der Waals surface area (Å²) in [5, 5.41) is 11.1. The van der Waals surface area contributed by atoms with Crippen LogP contribution in [0, 0.1) is 26.0 Å². The Hall–Kier alpha value is -1.05. The zero-order chi connectivity index (χ0) is 7.72. The van der Waals surface area contributed by atoms with E-state index in [-0.39, 0.29) is 0 Å². The van der Waals surface area contributed by atoms with Crippen LogP contribution in [0.2, 0.25) is 0 Å². The van der Waals surface area contributed by atoms with Crippen LogP contribution < -0.4 is 4.73 Å². The third kappa shape index (κ3) is 0.967. The molecule has 1 rings (SSSR count). The van der Waals surface area contributed by atoms with E-state index >= 15 is 0 Å². The van der Waals surface area contributed by atoms with E-state index in [9.17, 15) is 5.21 Å². The van der Waals surface area contributed by atoms with Crippen molar-refractivity contribution in [3.63, 3.8) is 0 Å². The lowest BCUT2D eigenvalue weighted by molar-refractivity contribution is -0.619. The van der Waals surface area contributed by atoms with Crippen LogP contribution in [0.15, 0.2) is 12.1 Å². The molecule has 0 aliphatic rings. The molecule has 0 aliphatic heterocycles. The molecule has 0 atom stereocenters. The molecule has 0 bridgehead atoms. The standard InChI is InChI=1S/C8H11NO/c1-6-4-5-7(2)9(10)8(6)3/h4-5H,1-3H3. The fraction of sp³-hybridized carbons (Fsp3) is 0.375. The summed E-state index contributed by atoms with van der Waals surface area (Å²) in [6.45, 7) is 5.57. The molecule has 10 heavy (non-hydrogen) atoms. The molecule has 0 N–H and O–H groups in total. The number of nitrogens with zero attached hydrogens (tertiary/aromatic N) is 1. The van der Waals surface area contributed by atoms with Crippen LogP contribution in [-0.4, -0.2) is 0 Å². The Morgan fingerprint density at radius 3 is 2.30 bits per heavy atom. The first-order valence-corrected chi connectivity index (χ1v) is 3.29. The van der Waals surface area contributed by atoms with E-state index in [1.54, 1.807) is 6.92 Å². The number of pyridine rings is 1. The highest BCUT2D eigenvalue weighted by molar-refractivity contribution is 5.14. The van der Waals surface area contributed by atoms with Gasteiger partial charge >= 0.3 is 0 Å². The van der Waals surface area contributed by atoms with E-state index in [1.807, 2.05) is 26.0 Å². The summed E-state index contributed by atoms with van der Waals surface area (Å²) in [4.78, 5) is 0. The molecule has 0 spiro atoms. The molecular formula is C8H11NO. The molecule has 0 aliphatic carbocycles. The largest absolute Gasteiger partial charge is 0.618 e. The minimum absolute atomic E-state index is 0.753. The van der Waals surface area contributed by atoms with Crippen molar-refractivity contribution in [2.75, 3.05) is 0 Å². The van der Waals surface area contributed by atoms with Crippen molar-refractivity contribution in [3.8, 4) is 0 Å². The van der Waals surface area contributed by atoms with Gasteiger partial charge in [0.05, 0.1) is 0 Å². The molecular weight excluding hydrogens is 126 g/mol. The summed E-state index contributed by atoms with van der Waals surface area (Å²) in [6.07, 6.45) is 0. The number of rotatable bonds is 0. The lowest BCUT2D eigenvalue weighted by Crippen LogP contribution is -2.34. The van der Waals surface area contributed by atoms with Gasteiger partial charge in [-0.25, -0.2) is 0 Å². The van der Waals surface area contributed by atoms with Gasteiger partial charge in [-0.2, -0.15) is 4.73 Å². The quantitative estimate of drug-likeness (QED) is 0.390. The average molecular weight is 137 g/mol. The van der Waals surface area contributed by atoms with Crippen LogP contribution in [0.5, 0.6) is 0 Å². The third-order valence-electron chi connectivity index (χ3n) is 1.77. The topological polar surface area (TPSA) is 26.9 Å². The zero-order valence-electron chi connectivity index (χ0n) is 6.51. The van der Waals surface area contributed by atoms with Gasteiger partial charge in [0.2, 0.25) is 0 Å². The number of aryl methyl sites for hydroxylation is 2. The Balaban J connectivity index is 3.34. The first kappa shape index (κ1) is 7.06. The van der Waals surface area contributed by atoms with Crippen molar-refractivity contribution in [1.82, 2.24) is 0 Å². The fourth-order valence-corrected chi connectivity index (χ4v) is 0.859. The molecule has 0 radical (unpaired) electrons. The van der Waals surface area contributed by atoms with Crippen molar-refractivity contribution < 1.29 is 4.73 Å². The molecule has 0 saturated heterocycles. The maximum Gasteiger partial charge on any atom is 0.192 e. The second-order valence-corrected chi connectivity index (χ2v) is 2.54. The van der Waals surface area contributed by atoms with E-state index in [4.69, 9.17) is 0 Å². The SMILES string of the molecule is Cc1ccc(C)[n+]([O-])c1C. The van der Waals surface area contributed by atoms with Gasteiger partial charge in [-0.15, -0.1) is 0 Å². The minimum Gasteiger partial charge on any atom is -0.618 e. The summed E-state index contributed by atoms with van der Waals surface area (Å²) >= 11 is 0. The lowest BCUT2D eigenvalue weighted by atomic mass is 10.2. The maximum atomic E-state index is 11.1. The van der Waals surface area contributed by atoms with Crippen molar-refractivity contribution in [3.05, 3.63) is 34.3 Å². The molecule has 1 aromatic heterocycles. The van der Waals surface area contributed by atoms with Crippen LogP contribution >= 0.6 is 0 Å². The van der Waals surface area contributed by atoms with Crippen LogP contribution in [0.3, 0.4) is 0 Å². The summed E-state index contributed by atoms with van der Waals surface area (Å²) < 4.78 is 0.954. The minimum atomic E-state index is 0.753. The monoisotopic (exact) mass is 137 g/mol. The number of aromatic nitrogens is 1. The predicted octanol–water partition coefficient (Wildman–Crippen LogP) is 1.25. The molecule has 2 heteroatoms. The summed E-state index contributed by atoms with van der Waals surface area (Å²) in [5.41, 5.74) is 2.59. The molecule has 54 valence electrons. The summed E-state index contributed by atoms with van der Waals surface area (Å²) in [6, 6.07) is 3.79. The molecule has 0 amide bonds. The van der Waals surface area contributed by atoms with Crippen LogP contribution in [-0.2, 0) is 0 Å². The molecule has 2 nitrogen and oxygen atoms in total. The Kier molecular flexibility index (Phi) is 1.62. The Morgan fingerprint density at radius 2 is 1.80 bits per heavy atom. The Morgan fingerprint density at radius 1 is 1.20 bits per heavy atom. The highest BCUT2D eigenvalue weighted by atomic mass is 16.5. The van der Waals surface area contributed by atoms with Crippen molar-refractivity contribution in [2.45, 2.75) is 20.8 Å². The van der Waals surface area contributed by atoms with E-state index in [2.05, 4.69) is 0 Å². The Bertz CT molecular complexity index is 229. The van der Waals surface area contributed by atoms with Gasteiger partial charge in [0, 0.05) is 25.5 Å². The van der Waals surface area contributed by atoms with E-state index in [1.165, 1.54) is 0 Å². The maximum absolute atomic E-state index is 11.1. The van der Waals surface area contributed by atoms with Crippen molar-refractivity contribution in [2.24, 2.45) is 0 Å². The molecule has 0 fully saturated rings. The number of hydrogen-bond acceptors (Lipinski definition) is 1. The first-order chi connectivity index (χ1) is 4.63. The second kappa shape index (κ2) is 2.29. The lowest BCUT2D eigenvalue weighted by Gasteiger charge is -2.04. The van der Waals surface area contributed by atoms with E-state index in [0.29, 0.717) is 0 Å². The summed E-state index contributed by atoms with van der Waals surface area (Å²) in [7, 11) is 0. The van der Waals surface area contributed by atoms with Crippen LogP contribution in [0.1, 0.15) is 17.0 Å². The normalized spacial score (nSPS) is 9.90. The van der Waals surface area contributed by atoms with Gasteiger partial charge in [0.25, 0.3) is 0 Å². The van der Waals surface area contributed by atoms with Crippen molar-refractivity contribution >= 4 is 0 Å². The van der Waals surface area contributed by atoms with Gasteiger partial charge in [-0.1, -0.05) is 0 Å². The molecule has 1 heterocycles. The molecule has 0 unspecified atom stereocenters. The number of hydrogen-bond donors (Lipinski definition) is 0. The zero-order valence-corrected chi connectivity index (χ0v) is 6.51. The fourth-order valence-electron chi connectivity index (χ4n) is 0.859. The molecule has 0 saturated carbocycles. The highest BCUT2D eigenvalue weighted by Crippen LogP contribution is 2.00. The predicted molar refractivity (Wildman–Crippen MR) is 39.6 cm³/mol. The van der Waals surface area contributed by atoms with Gasteiger partial charge < -0.3 is 5.21 Å². The van der Waals surface area contributed by atoms with Gasteiger partial charge in [-0.3, -0.25) is 0 Å². The van der Waals surface area contributed by atoms with Crippen LogP contribution in [0.25, 0.3) is 0 Å². The van der Waals surface area contributed by atoms with Gasteiger partial charge in [0.15, 0.2) is 11.4 Å². The average Bonchev–Trinajstić information content (AvgIpc) is 1.93. The summed E-state index contributed by atoms with van der Waals surface area (Å²) in [5.74, 6) is 0. The first-order valence-electron chi connectivity index (χ1n) is 3.29. The molecule has 1 aromatic rings. The van der Waals surface area contributed by atoms with Gasteiger partial charge in [0.1, 0.15) is 0 Å².